The van der Waals surface area contributed by atoms with Crippen LogP contribution in [0.2, 0.25) is 0 Å². The molecule has 0 fully saturated rings. The Morgan fingerprint density at radius 2 is 1.82 bits per heavy atom. The smallest absolute Gasteiger partial charge is 0.0433 e. The molecular formula is C10H22O. The molecule has 0 aromatic rings. The normalized spacial score (nSPS) is 13.9. The lowest BCUT2D eigenvalue weighted by molar-refractivity contribution is 0.221. The predicted molar refractivity (Wildman–Crippen MR) is 49.6 cm³/mol. The average Bonchev–Trinajstić information content (AvgIpc) is 1.97. The summed E-state index contributed by atoms with van der Waals surface area (Å²) in [6.07, 6.45) is 4.85. The molecule has 0 heterocycles. The van der Waals surface area contributed by atoms with Gasteiger partial charge in [-0.25, -0.2) is 0 Å². The average molecular weight is 158 g/mol. The van der Waals surface area contributed by atoms with Gasteiger partial charge in [0.2, 0.25) is 0 Å². The van der Waals surface area contributed by atoms with Gasteiger partial charge < -0.3 is 5.11 Å². The zero-order valence-corrected chi connectivity index (χ0v) is 8.14. The van der Waals surface area contributed by atoms with Gasteiger partial charge in [-0.2, -0.15) is 0 Å². The van der Waals surface area contributed by atoms with E-state index < -0.39 is 0 Å². The molecule has 1 N–H and O–H groups in total. The summed E-state index contributed by atoms with van der Waals surface area (Å²) in [5, 5.41) is 8.78. The van der Waals surface area contributed by atoms with E-state index in [1.54, 1.807) is 0 Å². The number of hydrogen-bond acceptors (Lipinski definition) is 1. The Balaban J connectivity index is 3.51. The zero-order chi connectivity index (χ0) is 8.69. The van der Waals surface area contributed by atoms with Crippen molar-refractivity contribution in [2.45, 2.75) is 46.5 Å². The Labute approximate surface area is 70.8 Å². The van der Waals surface area contributed by atoms with Crippen LogP contribution in [0.25, 0.3) is 0 Å². The van der Waals surface area contributed by atoms with Crippen LogP contribution in [-0.4, -0.2) is 11.7 Å². The number of rotatable bonds is 6. The summed E-state index contributed by atoms with van der Waals surface area (Å²) < 4.78 is 0. The maximum Gasteiger partial charge on any atom is 0.0433 e. The van der Waals surface area contributed by atoms with Gasteiger partial charge in [0.25, 0.3) is 0 Å². The molecule has 0 saturated carbocycles. The minimum atomic E-state index is 0.354. The van der Waals surface area contributed by atoms with Crippen molar-refractivity contribution in [2.75, 3.05) is 6.61 Å². The summed E-state index contributed by atoms with van der Waals surface area (Å²) in [4.78, 5) is 0. The molecule has 0 aliphatic rings. The molecule has 0 radical (unpaired) electrons. The Bertz CT molecular complexity index is 78.9. The molecule has 1 nitrogen and oxygen atoms in total. The third-order valence-electron chi connectivity index (χ3n) is 2.37. The van der Waals surface area contributed by atoms with E-state index in [1.807, 2.05) is 0 Å². The maximum atomic E-state index is 8.78. The van der Waals surface area contributed by atoms with Gasteiger partial charge in [-0.15, -0.1) is 0 Å². The van der Waals surface area contributed by atoms with Gasteiger partial charge in [-0.05, 0) is 18.3 Å². The minimum absolute atomic E-state index is 0.354. The van der Waals surface area contributed by atoms with Crippen LogP contribution < -0.4 is 0 Å². The standard InChI is InChI=1S/C10H22O/c1-4-5-6-10(7-8-11)9(2)3/h9-11H,4-8H2,1-3H3/t10-/m1/s1. The van der Waals surface area contributed by atoms with Crippen molar-refractivity contribution in [3.05, 3.63) is 0 Å². The molecule has 0 saturated heterocycles. The van der Waals surface area contributed by atoms with Crippen molar-refractivity contribution in [2.24, 2.45) is 11.8 Å². The van der Waals surface area contributed by atoms with Gasteiger partial charge in [0.1, 0.15) is 0 Å². The lowest BCUT2D eigenvalue weighted by Gasteiger charge is -2.18. The molecule has 68 valence electrons. The molecule has 0 spiro atoms. The Kier molecular flexibility index (Phi) is 6.63. The lowest BCUT2D eigenvalue weighted by atomic mass is 9.88. The lowest BCUT2D eigenvalue weighted by Crippen LogP contribution is -2.10. The van der Waals surface area contributed by atoms with Crippen LogP contribution in [0.15, 0.2) is 0 Å². The van der Waals surface area contributed by atoms with Crippen molar-refractivity contribution in [3.63, 3.8) is 0 Å². The van der Waals surface area contributed by atoms with Crippen LogP contribution in [0.4, 0.5) is 0 Å². The van der Waals surface area contributed by atoms with Gasteiger partial charge in [0, 0.05) is 6.61 Å². The highest BCUT2D eigenvalue weighted by atomic mass is 16.3. The molecule has 0 aliphatic carbocycles. The van der Waals surface area contributed by atoms with E-state index in [9.17, 15) is 0 Å². The monoisotopic (exact) mass is 158 g/mol. The first kappa shape index (κ1) is 11.0. The van der Waals surface area contributed by atoms with Gasteiger partial charge in [0.05, 0.1) is 0 Å². The second-order valence-electron chi connectivity index (χ2n) is 3.66. The molecule has 11 heavy (non-hydrogen) atoms. The van der Waals surface area contributed by atoms with Crippen LogP contribution in [-0.2, 0) is 0 Å². The van der Waals surface area contributed by atoms with Crippen LogP contribution in [0.3, 0.4) is 0 Å². The van der Waals surface area contributed by atoms with E-state index in [-0.39, 0.29) is 0 Å². The molecule has 0 amide bonds. The first-order chi connectivity index (χ1) is 5.22. The van der Waals surface area contributed by atoms with E-state index in [1.165, 1.54) is 19.3 Å². The predicted octanol–water partition coefficient (Wildman–Crippen LogP) is 2.83. The second-order valence-corrected chi connectivity index (χ2v) is 3.66. The SMILES string of the molecule is CCCC[C@H](CCO)C(C)C. The van der Waals surface area contributed by atoms with Crippen LogP contribution in [0.5, 0.6) is 0 Å². The summed E-state index contributed by atoms with van der Waals surface area (Å²) in [6.45, 7) is 7.06. The van der Waals surface area contributed by atoms with Crippen molar-refractivity contribution in [3.8, 4) is 0 Å². The van der Waals surface area contributed by atoms with Gasteiger partial charge in [-0.1, -0.05) is 40.0 Å². The van der Waals surface area contributed by atoms with E-state index in [2.05, 4.69) is 20.8 Å². The summed E-state index contributed by atoms with van der Waals surface area (Å²) in [5.41, 5.74) is 0. The molecule has 1 atom stereocenters. The molecule has 0 unspecified atom stereocenters. The topological polar surface area (TPSA) is 20.2 Å². The van der Waals surface area contributed by atoms with E-state index >= 15 is 0 Å². The number of aliphatic hydroxyl groups is 1. The number of unbranched alkanes of at least 4 members (excludes halogenated alkanes) is 1. The molecular weight excluding hydrogens is 136 g/mol. The van der Waals surface area contributed by atoms with Gasteiger partial charge >= 0.3 is 0 Å². The van der Waals surface area contributed by atoms with Crippen molar-refractivity contribution in [1.29, 1.82) is 0 Å². The fourth-order valence-corrected chi connectivity index (χ4v) is 1.44. The highest BCUT2D eigenvalue weighted by Crippen LogP contribution is 2.20. The summed E-state index contributed by atoms with van der Waals surface area (Å²) in [7, 11) is 0. The number of aliphatic hydroxyl groups excluding tert-OH is 1. The van der Waals surface area contributed by atoms with E-state index in [0.717, 1.165) is 18.3 Å². The second kappa shape index (κ2) is 6.66. The fourth-order valence-electron chi connectivity index (χ4n) is 1.44. The third-order valence-corrected chi connectivity index (χ3v) is 2.37. The summed E-state index contributed by atoms with van der Waals surface area (Å²) >= 11 is 0. The molecule has 0 aliphatic heterocycles. The highest BCUT2D eigenvalue weighted by molar-refractivity contribution is 4.62. The summed E-state index contributed by atoms with van der Waals surface area (Å²) in [6, 6.07) is 0. The zero-order valence-electron chi connectivity index (χ0n) is 8.14. The van der Waals surface area contributed by atoms with Crippen molar-refractivity contribution in [1.82, 2.24) is 0 Å². The molecule has 0 rings (SSSR count). The first-order valence-corrected chi connectivity index (χ1v) is 4.83. The molecule has 0 bridgehead atoms. The largest absolute Gasteiger partial charge is 0.396 e. The maximum absolute atomic E-state index is 8.78. The first-order valence-electron chi connectivity index (χ1n) is 4.83. The van der Waals surface area contributed by atoms with Crippen molar-refractivity contribution < 1.29 is 5.11 Å². The highest BCUT2D eigenvalue weighted by Gasteiger charge is 2.11. The molecule has 0 aromatic carbocycles. The molecule has 1 heteroatoms. The molecule has 0 aromatic heterocycles. The fraction of sp³-hybridized carbons (Fsp3) is 1.00. The Morgan fingerprint density at radius 3 is 2.18 bits per heavy atom. The van der Waals surface area contributed by atoms with Gasteiger partial charge in [-0.3, -0.25) is 0 Å². The van der Waals surface area contributed by atoms with Crippen molar-refractivity contribution >= 4 is 0 Å². The Morgan fingerprint density at radius 1 is 1.18 bits per heavy atom. The number of hydrogen-bond donors (Lipinski definition) is 1. The van der Waals surface area contributed by atoms with Crippen LogP contribution in [0, 0.1) is 11.8 Å². The van der Waals surface area contributed by atoms with Crippen LogP contribution >= 0.6 is 0 Å². The van der Waals surface area contributed by atoms with Crippen LogP contribution in [0.1, 0.15) is 46.5 Å². The Hall–Kier alpha value is -0.0400. The quantitative estimate of drug-likeness (QED) is 0.630. The van der Waals surface area contributed by atoms with E-state index in [4.69, 9.17) is 5.11 Å². The van der Waals surface area contributed by atoms with Gasteiger partial charge in [0.15, 0.2) is 0 Å². The summed E-state index contributed by atoms with van der Waals surface area (Å²) in [5.74, 6) is 1.47. The third kappa shape index (κ3) is 5.25. The minimum Gasteiger partial charge on any atom is -0.396 e. The van der Waals surface area contributed by atoms with E-state index in [0.29, 0.717) is 6.61 Å².